The van der Waals surface area contributed by atoms with Gasteiger partial charge in [-0.1, -0.05) is 6.07 Å². The van der Waals surface area contributed by atoms with Crippen LogP contribution in [-0.4, -0.2) is 22.4 Å². The van der Waals surface area contributed by atoms with Gasteiger partial charge in [0.25, 0.3) is 5.91 Å². The Kier molecular flexibility index (Phi) is 6.19. The van der Waals surface area contributed by atoms with E-state index >= 15 is 0 Å². The minimum atomic E-state index is -0.0458. The maximum absolute atomic E-state index is 12.2. The van der Waals surface area contributed by atoms with Crippen molar-refractivity contribution in [3.63, 3.8) is 0 Å². The SMILES string of the molecule is Cc1nc(CSc2ccc(C(=O)NCCc3cccnc3)cc2)cs1. The molecule has 6 heteroatoms. The molecule has 0 radical (unpaired) electrons. The number of amides is 1. The molecule has 1 N–H and O–H groups in total. The van der Waals surface area contributed by atoms with Gasteiger partial charge < -0.3 is 5.32 Å². The summed E-state index contributed by atoms with van der Waals surface area (Å²) in [4.78, 5) is 21.9. The first kappa shape index (κ1) is 17.6. The van der Waals surface area contributed by atoms with Crippen molar-refractivity contribution in [1.82, 2.24) is 15.3 Å². The van der Waals surface area contributed by atoms with Gasteiger partial charge in [0.1, 0.15) is 0 Å². The lowest BCUT2D eigenvalue weighted by atomic mass is 10.2. The van der Waals surface area contributed by atoms with E-state index < -0.39 is 0 Å². The number of carbonyl (C=O) groups excluding carboxylic acids is 1. The van der Waals surface area contributed by atoms with E-state index in [0.717, 1.165) is 33.3 Å². The smallest absolute Gasteiger partial charge is 0.251 e. The average Bonchev–Trinajstić information content (AvgIpc) is 3.06. The second kappa shape index (κ2) is 8.78. The normalized spacial score (nSPS) is 10.6. The van der Waals surface area contributed by atoms with Gasteiger partial charge in [-0.05, 0) is 49.2 Å². The minimum absolute atomic E-state index is 0.0458. The van der Waals surface area contributed by atoms with Crippen LogP contribution < -0.4 is 5.32 Å². The quantitative estimate of drug-likeness (QED) is 0.637. The van der Waals surface area contributed by atoms with Crippen LogP contribution in [0.1, 0.15) is 26.6 Å². The first-order valence-corrected chi connectivity index (χ1v) is 9.88. The summed E-state index contributed by atoms with van der Waals surface area (Å²) in [6.45, 7) is 2.62. The Labute approximate surface area is 155 Å². The maximum Gasteiger partial charge on any atom is 0.251 e. The van der Waals surface area contributed by atoms with E-state index in [1.165, 1.54) is 0 Å². The molecule has 0 aliphatic heterocycles. The number of benzene rings is 1. The zero-order chi connectivity index (χ0) is 17.5. The summed E-state index contributed by atoms with van der Waals surface area (Å²) in [7, 11) is 0. The number of aromatic nitrogens is 2. The number of nitrogens with one attached hydrogen (secondary N) is 1. The molecule has 0 saturated heterocycles. The van der Waals surface area contributed by atoms with Crippen molar-refractivity contribution in [3.8, 4) is 0 Å². The zero-order valence-corrected chi connectivity index (χ0v) is 15.6. The number of hydrogen-bond acceptors (Lipinski definition) is 5. The molecule has 1 amide bonds. The number of pyridine rings is 1. The summed E-state index contributed by atoms with van der Waals surface area (Å²) in [6, 6.07) is 11.6. The molecule has 0 aliphatic carbocycles. The van der Waals surface area contributed by atoms with Crippen molar-refractivity contribution in [1.29, 1.82) is 0 Å². The van der Waals surface area contributed by atoms with Crippen LogP contribution in [-0.2, 0) is 12.2 Å². The summed E-state index contributed by atoms with van der Waals surface area (Å²) in [6.07, 6.45) is 4.35. The lowest BCUT2D eigenvalue weighted by molar-refractivity contribution is 0.0954. The first-order valence-electron chi connectivity index (χ1n) is 8.02. The Bertz CT molecular complexity index is 816. The molecule has 2 aromatic heterocycles. The minimum Gasteiger partial charge on any atom is -0.352 e. The molecule has 0 spiro atoms. The number of aryl methyl sites for hydroxylation is 1. The highest BCUT2D eigenvalue weighted by Crippen LogP contribution is 2.23. The molecule has 1 aromatic carbocycles. The predicted molar refractivity (Wildman–Crippen MR) is 103 cm³/mol. The molecule has 3 aromatic rings. The largest absolute Gasteiger partial charge is 0.352 e. The molecule has 3 rings (SSSR count). The molecule has 128 valence electrons. The fraction of sp³-hybridized carbons (Fsp3) is 0.211. The van der Waals surface area contributed by atoms with Crippen LogP contribution in [0.3, 0.4) is 0 Å². The summed E-state index contributed by atoms with van der Waals surface area (Å²) in [5, 5.41) is 6.13. The Balaban J connectivity index is 1.46. The molecule has 0 bridgehead atoms. The van der Waals surface area contributed by atoms with Gasteiger partial charge in [0.2, 0.25) is 0 Å². The number of thioether (sulfide) groups is 1. The summed E-state index contributed by atoms with van der Waals surface area (Å²) < 4.78 is 0. The van der Waals surface area contributed by atoms with Crippen LogP contribution in [0.4, 0.5) is 0 Å². The number of thiazole rings is 1. The third kappa shape index (κ3) is 5.41. The zero-order valence-electron chi connectivity index (χ0n) is 13.9. The van der Waals surface area contributed by atoms with Gasteiger partial charge >= 0.3 is 0 Å². The summed E-state index contributed by atoms with van der Waals surface area (Å²) in [5.41, 5.74) is 2.90. The molecule has 4 nitrogen and oxygen atoms in total. The third-order valence-corrected chi connectivity index (χ3v) is 5.46. The maximum atomic E-state index is 12.2. The van der Waals surface area contributed by atoms with E-state index in [1.54, 1.807) is 29.3 Å². The van der Waals surface area contributed by atoms with Gasteiger partial charge in [-0.2, -0.15) is 0 Å². The van der Waals surface area contributed by atoms with Crippen LogP contribution in [0.15, 0.2) is 59.1 Å². The second-order valence-electron chi connectivity index (χ2n) is 5.54. The van der Waals surface area contributed by atoms with Gasteiger partial charge in [0.15, 0.2) is 0 Å². The van der Waals surface area contributed by atoms with E-state index in [4.69, 9.17) is 0 Å². The van der Waals surface area contributed by atoms with Crippen LogP contribution in [0.25, 0.3) is 0 Å². The Morgan fingerprint density at radius 3 is 2.76 bits per heavy atom. The highest BCUT2D eigenvalue weighted by molar-refractivity contribution is 7.98. The van der Waals surface area contributed by atoms with Crippen LogP contribution >= 0.6 is 23.1 Å². The molecular formula is C19H19N3OS2. The molecule has 0 saturated carbocycles. The Morgan fingerprint density at radius 1 is 1.24 bits per heavy atom. The third-order valence-electron chi connectivity index (χ3n) is 3.59. The van der Waals surface area contributed by atoms with E-state index in [2.05, 4.69) is 20.7 Å². The van der Waals surface area contributed by atoms with Crippen molar-refractivity contribution in [3.05, 3.63) is 76.0 Å². The summed E-state index contributed by atoms with van der Waals surface area (Å²) >= 11 is 3.40. The monoisotopic (exact) mass is 369 g/mol. The van der Waals surface area contributed by atoms with Crippen molar-refractivity contribution < 1.29 is 4.79 Å². The highest BCUT2D eigenvalue weighted by atomic mass is 32.2. The molecule has 0 unspecified atom stereocenters. The van der Waals surface area contributed by atoms with Crippen LogP contribution in [0, 0.1) is 6.92 Å². The molecule has 0 fully saturated rings. The van der Waals surface area contributed by atoms with Crippen molar-refractivity contribution in [2.24, 2.45) is 0 Å². The molecule has 0 aliphatic rings. The molecule has 2 heterocycles. The molecule has 25 heavy (non-hydrogen) atoms. The van der Waals surface area contributed by atoms with Gasteiger partial charge in [-0.15, -0.1) is 23.1 Å². The number of nitrogens with zero attached hydrogens (tertiary/aromatic N) is 2. The van der Waals surface area contributed by atoms with Gasteiger partial charge in [-0.25, -0.2) is 4.98 Å². The van der Waals surface area contributed by atoms with Crippen LogP contribution in [0.5, 0.6) is 0 Å². The predicted octanol–water partition coefficient (Wildman–Crippen LogP) is 4.11. The lowest BCUT2D eigenvalue weighted by Gasteiger charge is -2.06. The standard InChI is InChI=1S/C19H19N3OS2/c1-14-22-17(12-24-14)13-25-18-6-4-16(5-7-18)19(23)21-10-8-15-3-2-9-20-11-15/h2-7,9,11-12H,8,10,13H2,1H3,(H,21,23). The number of carbonyl (C=O) groups is 1. The van der Waals surface area contributed by atoms with E-state index in [1.807, 2.05) is 49.5 Å². The topological polar surface area (TPSA) is 54.9 Å². The van der Waals surface area contributed by atoms with E-state index in [0.29, 0.717) is 12.1 Å². The van der Waals surface area contributed by atoms with E-state index in [9.17, 15) is 4.79 Å². The highest BCUT2D eigenvalue weighted by Gasteiger charge is 2.06. The molecule has 0 atom stereocenters. The number of rotatable bonds is 7. The summed E-state index contributed by atoms with van der Waals surface area (Å²) in [5.74, 6) is 0.802. The first-order chi connectivity index (χ1) is 12.2. The van der Waals surface area contributed by atoms with Crippen molar-refractivity contribution in [2.45, 2.75) is 24.0 Å². The fourth-order valence-electron chi connectivity index (χ4n) is 2.30. The number of hydrogen-bond donors (Lipinski definition) is 1. The lowest BCUT2D eigenvalue weighted by Crippen LogP contribution is -2.25. The van der Waals surface area contributed by atoms with Crippen molar-refractivity contribution >= 4 is 29.0 Å². The Hall–Kier alpha value is -2.18. The van der Waals surface area contributed by atoms with E-state index in [-0.39, 0.29) is 5.91 Å². The van der Waals surface area contributed by atoms with Gasteiger partial charge in [0.05, 0.1) is 10.7 Å². The van der Waals surface area contributed by atoms with Gasteiger partial charge in [0, 0.05) is 40.5 Å². The van der Waals surface area contributed by atoms with Gasteiger partial charge in [-0.3, -0.25) is 9.78 Å². The second-order valence-corrected chi connectivity index (χ2v) is 7.65. The molecular weight excluding hydrogens is 350 g/mol. The van der Waals surface area contributed by atoms with Crippen LogP contribution in [0.2, 0.25) is 0 Å². The van der Waals surface area contributed by atoms with Crippen molar-refractivity contribution in [2.75, 3.05) is 6.54 Å². The Morgan fingerprint density at radius 2 is 2.08 bits per heavy atom. The fourth-order valence-corrected chi connectivity index (χ4v) is 3.81. The average molecular weight is 370 g/mol.